The molecule has 0 saturated heterocycles. The SMILES string of the molecule is Cc1c(Br)c(C(F)(F)F)nn1C(C)C(=O)NCc1cn(-c2ccccc2)nc1-c1ccccc1. The first-order valence-corrected chi connectivity index (χ1v) is 11.2. The second-order valence-corrected chi connectivity index (χ2v) is 8.53. The van der Waals surface area contributed by atoms with Crippen LogP contribution in [0.15, 0.2) is 71.3 Å². The molecule has 0 spiro atoms. The van der Waals surface area contributed by atoms with Gasteiger partial charge < -0.3 is 5.32 Å². The summed E-state index contributed by atoms with van der Waals surface area (Å²) in [5.74, 6) is -0.460. The van der Waals surface area contributed by atoms with Crippen molar-refractivity contribution in [3.8, 4) is 16.9 Å². The number of halogens is 4. The van der Waals surface area contributed by atoms with Gasteiger partial charge in [0.15, 0.2) is 5.69 Å². The van der Waals surface area contributed by atoms with Crippen LogP contribution < -0.4 is 5.32 Å². The second-order valence-electron chi connectivity index (χ2n) is 7.73. The molecule has 0 aliphatic rings. The summed E-state index contributed by atoms with van der Waals surface area (Å²) < 4.78 is 42.3. The molecule has 1 unspecified atom stereocenters. The molecule has 6 nitrogen and oxygen atoms in total. The Bertz CT molecular complexity index is 1300. The van der Waals surface area contributed by atoms with Crippen LogP contribution in [0.2, 0.25) is 0 Å². The van der Waals surface area contributed by atoms with E-state index in [4.69, 9.17) is 5.10 Å². The van der Waals surface area contributed by atoms with E-state index in [0.717, 1.165) is 21.5 Å². The molecule has 0 aliphatic carbocycles. The summed E-state index contributed by atoms with van der Waals surface area (Å²) in [7, 11) is 0. The Labute approximate surface area is 202 Å². The van der Waals surface area contributed by atoms with Crippen LogP contribution in [-0.2, 0) is 17.5 Å². The minimum atomic E-state index is -4.62. The molecule has 0 saturated carbocycles. The average Bonchev–Trinajstić information content (AvgIpc) is 3.39. The Balaban J connectivity index is 1.59. The Hall–Kier alpha value is -3.40. The molecule has 0 radical (unpaired) electrons. The molecule has 4 rings (SSSR count). The van der Waals surface area contributed by atoms with Crippen LogP contribution in [0, 0.1) is 6.92 Å². The van der Waals surface area contributed by atoms with Gasteiger partial charge in [-0.2, -0.15) is 23.4 Å². The minimum Gasteiger partial charge on any atom is -0.350 e. The molecule has 176 valence electrons. The standard InChI is InChI=1S/C24H21BrF3N5O/c1-15-20(25)22(24(26,27)28)31-33(15)16(2)23(34)29-13-18-14-32(19-11-7-4-8-12-19)30-21(18)17-9-5-3-6-10-17/h3-12,14,16H,13H2,1-2H3,(H,29,34). The van der Waals surface area contributed by atoms with E-state index in [1.807, 2.05) is 66.9 Å². The lowest BCUT2D eigenvalue weighted by atomic mass is 10.1. The van der Waals surface area contributed by atoms with Crippen LogP contribution in [0.4, 0.5) is 13.2 Å². The van der Waals surface area contributed by atoms with Crippen molar-refractivity contribution in [2.24, 2.45) is 0 Å². The first kappa shape index (κ1) is 23.7. The van der Waals surface area contributed by atoms with Crippen molar-refractivity contribution in [2.75, 3.05) is 0 Å². The number of para-hydroxylation sites is 1. The molecule has 1 amide bonds. The average molecular weight is 532 g/mol. The van der Waals surface area contributed by atoms with Gasteiger partial charge in [-0.25, -0.2) is 4.68 Å². The first-order chi connectivity index (χ1) is 16.2. The van der Waals surface area contributed by atoms with Crippen molar-refractivity contribution in [1.82, 2.24) is 24.9 Å². The van der Waals surface area contributed by atoms with Crippen LogP contribution >= 0.6 is 15.9 Å². The van der Waals surface area contributed by atoms with Gasteiger partial charge in [0.25, 0.3) is 0 Å². The third-order valence-corrected chi connectivity index (χ3v) is 6.35. The van der Waals surface area contributed by atoms with Crippen molar-refractivity contribution in [2.45, 2.75) is 32.6 Å². The number of nitrogens with zero attached hydrogens (tertiary/aromatic N) is 4. The molecule has 0 aliphatic heterocycles. The van der Waals surface area contributed by atoms with Gasteiger partial charge in [0, 0.05) is 23.9 Å². The zero-order valence-electron chi connectivity index (χ0n) is 18.3. The molecular formula is C24H21BrF3N5O. The number of nitrogens with one attached hydrogen (secondary N) is 1. The maximum atomic E-state index is 13.2. The lowest BCUT2D eigenvalue weighted by Gasteiger charge is -2.14. The summed E-state index contributed by atoms with van der Waals surface area (Å²) in [5, 5.41) is 11.2. The number of hydrogen-bond acceptors (Lipinski definition) is 3. The maximum Gasteiger partial charge on any atom is 0.436 e. The highest BCUT2D eigenvalue weighted by Gasteiger charge is 2.39. The highest BCUT2D eigenvalue weighted by Crippen LogP contribution is 2.36. The van der Waals surface area contributed by atoms with E-state index in [1.54, 1.807) is 4.68 Å². The molecule has 1 N–H and O–H groups in total. The second kappa shape index (κ2) is 9.46. The highest BCUT2D eigenvalue weighted by atomic mass is 79.9. The topological polar surface area (TPSA) is 64.7 Å². The monoisotopic (exact) mass is 531 g/mol. The number of hydrogen-bond donors (Lipinski definition) is 1. The molecule has 1 atom stereocenters. The number of benzene rings is 2. The lowest BCUT2D eigenvalue weighted by Crippen LogP contribution is -2.31. The van der Waals surface area contributed by atoms with E-state index in [0.29, 0.717) is 5.69 Å². The van der Waals surface area contributed by atoms with Gasteiger partial charge in [-0.1, -0.05) is 48.5 Å². The zero-order chi connectivity index (χ0) is 24.5. The third-order valence-electron chi connectivity index (χ3n) is 5.40. The quantitative estimate of drug-likeness (QED) is 0.347. The number of carbonyl (C=O) groups excluding carboxylic acids is 1. The van der Waals surface area contributed by atoms with Crippen molar-refractivity contribution >= 4 is 21.8 Å². The fourth-order valence-corrected chi connectivity index (χ4v) is 4.07. The molecule has 34 heavy (non-hydrogen) atoms. The summed E-state index contributed by atoms with van der Waals surface area (Å²) in [6.45, 7) is 3.13. The van der Waals surface area contributed by atoms with E-state index < -0.39 is 23.8 Å². The molecule has 10 heteroatoms. The maximum absolute atomic E-state index is 13.2. The summed E-state index contributed by atoms with van der Waals surface area (Å²) in [5.41, 5.74) is 2.38. The van der Waals surface area contributed by atoms with E-state index in [2.05, 4.69) is 26.3 Å². The smallest absolute Gasteiger partial charge is 0.350 e. The number of amides is 1. The van der Waals surface area contributed by atoms with Crippen molar-refractivity contribution in [3.63, 3.8) is 0 Å². The fraction of sp³-hybridized carbons (Fsp3) is 0.208. The Kier molecular flexibility index (Phi) is 6.60. The van der Waals surface area contributed by atoms with Crippen molar-refractivity contribution in [3.05, 3.63) is 88.3 Å². The van der Waals surface area contributed by atoms with E-state index in [9.17, 15) is 18.0 Å². The van der Waals surface area contributed by atoms with Crippen LogP contribution in [0.5, 0.6) is 0 Å². The van der Waals surface area contributed by atoms with Crippen LogP contribution in [0.25, 0.3) is 16.9 Å². The fourth-order valence-electron chi connectivity index (χ4n) is 3.59. The molecule has 2 aromatic heterocycles. The van der Waals surface area contributed by atoms with E-state index in [1.165, 1.54) is 13.8 Å². The molecule has 0 bridgehead atoms. The van der Waals surface area contributed by atoms with Crippen LogP contribution in [0.3, 0.4) is 0 Å². The largest absolute Gasteiger partial charge is 0.436 e. The summed E-state index contributed by atoms with van der Waals surface area (Å²) in [6, 6.07) is 18.2. The Morgan fingerprint density at radius 2 is 1.68 bits per heavy atom. The number of aromatic nitrogens is 4. The Morgan fingerprint density at radius 1 is 1.06 bits per heavy atom. The predicted molar refractivity (Wildman–Crippen MR) is 125 cm³/mol. The van der Waals surface area contributed by atoms with Crippen LogP contribution in [-0.4, -0.2) is 25.5 Å². The van der Waals surface area contributed by atoms with E-state index in [-0.39, 0.29) is 16.7 Å². The zero-order valence-corrected chi connectivity index (χ0v) is 19.9. The molecule has 0 fully saturated rings. The Morgan fingerprint density at radius 3 is 2.26 bits per heavy atom. The number of rotatable bonds is 6. The van der Waals surface area contributed by atoms with Gasteiger partial charge >= 0.3 is 6.18 Å². The minimum absolute atomic E-state index is 0.147. The van der Waals surface area contributed by atoms with E-state index >= 15 is 0 Å². The molecular weight excluding hydrogens is 511 g/mol. The lowest BCUT2D eigenvalue weighted by molar-refractivity contribution is -0.142. The van der Waals surface area contributed by atoms with Gasteiger partial charge in [-0.3, -0.25) is 9.48 Å². The summed E-state index contributed by atoms with van der Waals surface area (Å²) in [6.07, 6.45) is -2.79. The van der Waals surface area contributed by atoms with Gasteiger partial charge in [-0.15, -0.1) is 0 Å². The molecule has 4 aromatic rings. The van der Waals surface area contributed by atoms with Crippen LogP contribution in [0.1, 0.15) is 29.9 Å². The van der Waals surface area contributed by atoms with Gasteiger partial charge in [0.1, 0.15) is 6.04 Å². The first-order valence-electron chi connectivity index (χ1n) is 10.5. The number of alkyl halides is 3. The normalized spacial score (nSPS) is 12.5. The van der Waals surface area contributed by atoms with Gasteiger partial charge in [0.05, 0.1) is 21.5 Å². The van der Waals surface area contributed by atoms with Gasteiger partial charge in [-0.05, 0) is 41.9 Å². The highest BCUT2D eigenvalue weighted by molar-refractivity contribution is 9.10. The van der Waals surface area contributed by atoms with Crippen molar-refractivity contribution in [1.29, 1.82) is 0 Å². The predicted octanol–water partition coefficient (Wildman–Crippen LogP) is 5.70. The summed E-state index contributed by atoms with van der Waals surface area (Å²) >= 11 is 2.94. The van der Waals surface area contributed by atoms with Gasteiger partial charge in [0.2, 0.25) is 5.91 Å². The van der Waals surface area contributed by atoms with Crippen molar-refractivity contribution < 1.29 is 18.0 Å². The molecule has 2 aromatic carbocycles. The summed E-state index contributed by atoms with van der Waals surface area (Å²) in [4.78, 5) is 12.9. The third kappa shape index (κ3) is 4.77. The number of carbonyl (C=O) groups is 1. The molecule has 2 heterocycles.